The highest BCUT2D eigenvalue weighted by atomic mass is 16.7. The second-order valence-corrected chi connectivity index (χ2v) is 11.7. The van der Waals surface area contributed by atoms with Gasteiger partial charge in [-0.15, -0.1) is 0 Å². The van der Waals surface area contributed by atoms with Gasteiger partial charge >= 0.3 is 5.97 Å². The smallest absolute Gasteiger partial charge is 0.330 e. The molecule has 0 saturated carbocycles. The zero-order chi connectivity index (χ0) is 35.1. The van der Waals surface area contributed by atoms with Gasteiger partial charge in [0.15, 0.2) is 35.6 Å². The first-order valence-corrected chi connectivity index (χ1v) is 15.4. The maximum Gasteiger partial charge on any atom is 0.330 e. The van der Waals surface area contributed by atoms with Crippen LogP contribution in [0.25, 0.3) is 6.08 Å². The van der Waals surface area contributed by atoms with Gasteiger partial charge in [-0.25, -0.2) is 4.79 Å². The van der Waals surface area contributed by atoms with Crippen molar-refractivity contribution in [2.45, 2.75) is 94.2 Å². The number of ether oxygens (including phenoxy) is 7. The minimum Gasteiger partial charge on any atom is -0.504 e. The van der Waals surface area contributed by atoms with Crippen molar-refractivity contribution in [1.82, 2.24) is 0 Å². The third kappa shape index (κ3) is 9.13. The molecule has 0 aromatic heterocycles. The van der Waals surface area contributed by atoms with Gasteiger partial charge in [0.25, 0.3) is 0 Å². The van der Waals surface area contributed by atoms with Crippen molar-refractivity contribution < 1.29 is 73.7 Å². The van der Waals surface area contributed by atoms with E-state index in [0.29, 0.717) is 29.9 Å². The van der Waals surface area contributed by atoms with Crippen LogP contribution in [0.1, 0.15) is 31.4 Å². The minimum atomic E-state index is -1.72. The Kier molecular flexibility index (Phi) is 13.0. The third-order valence-corrected chi connectivity index (χ3v) is 8.20. The monoisotopic (exact) mass is 680 g/mol. The number of hydrogen-bond acceptors (Lipinski definition) is 15. The average Bonchev–Trinajstić information content (AvgIpc) is 3.07. The third-order valence-electron chi connectivity index (χ3n) is 8.20. The van der Waals surface area contributed by atoms with Gasteiger partial charge in [0.2, 0.25) is 0 Å². The largest absolute Gasteiger partial charge is 0.504 e. The van der Waals surface area contributed by atoms with Crippen molar-refractivity contribution in [3.8, 4) is 23.0 Å². The predicted octanol–water partition coefficient (Wildman–Crippen LogP) is 0.369. The molecule has 0 radical (unpaired) electrons. The number of benzene rings is 2. The van der Waals surface area contributed by atoms with Crippen molar-refractivity contribution >= 4 is 12.0 Å². The number of hydrogen-bond donors (Lipinski definition) is 7. The van der Waals surface area contributed by atoms with E-state index in [1.165, 1.54) is 38.3 Å². The van der Waals surface area contributed by atoms with E-state index in [1.54, 1.807) is 20.1 Å². The van der Waals surface area contributed by atoms with E-state index >= 15 is 0 Å². The molecule has 0 aliphatic carbocycles. The molecule has 4 rings (SSSR count). The van der Waals surface area contributed by atoms with Gasteiger partial charge in [0.05, 0.1) is 26.4 Å². The van der Waals surface area contributed by atoms with Crippen LogP contribution in [-0.2, 0) is 34.9 Å². The van der Waals surface area contributed by atoms with E-state index in [-0.39, 0.29) is 11.5 Å². The first-order chi connectivity index (χ1) is 22.8. The zero-order valence-corrected chi connectivity index (χ0v) is 27.0. The summed E-state index contributed by atoms with van der Waals surface area (Å²) in [5.74, 6) is -0.383. The van der Waals surface area contributed by atoms with Crippen LogP contribution in [-0.4, -0.2) is 130 Å². The molecule has 266 valence electrons. The average molecular weight is 681 g/mol. The predicted molar refractivity (Wildman–Crippen MR) is 166 cm³/mol. The van der Waals surface area contributed by atoms with Gasteiger partial charge in [-0.05, 0) is 68.2 Å². The van der Waals surface area contributed by atoms with Crippen molar-refractivity contribution in [3.05, 3.63) is 53.6 Å². The lowest BCUT2D eigenvalue weighted by atomic mass is 9.97. The van der Waals surface area contributed by atoms with Gasteiger partial charge in [-0.1, -0.05) is 12.1 Å². The van der Waals surface area contributed by atoms with Crippen LogP contribution in [0, 0.1) is 0 Å². The number of methoxy groups -OCH3 is 2. The van der Waals surface area contributed by atoms with Crippen molar-refractivity contribution in [1.29, 1.82) is 0 Å². The van der Waals surface area contributed by atoms with Gasteiger partial charge < -0.3 is 68.9 Å². The summed E-state index contributed by atoms with van der Waals surface area (Å²) >= 11 is 0. The van der Waals surface area contributed by atoms with Crippen LogP contribution in [0.3, 0.4) is 0 Å². The first-order valence-electron chi connectivity index (χ1n) is 15.4. The number of aromatic hydroxyl groups is 2. The maximum atomic E-state index is 12.5. The number of phenolic OH excluding ortho intramolecular Hbond substituents is 2. The molecule has 7 N–H and O–H groups in total. The van der Waals surface area contributed by atoms with Crippen LogP contribution in [0.5, 0.6) is 23.0 Å². The SMILES string of the molecule is COc1ccc(CC[C@H](C)O[C@@H]2O[C@H](COC(=O)C=Cc3ccc(O)c(O)c3)[C@@H](O)[C@H](O[C@@H]3O[C@@H](C)[C@H](O)[C@@H](O)[C@H]3O)[C@H]2O)cc1OC. The molecule has 15 nitrogen and oxygen atoms in total. The minimum absolute atomic E-state index is 0.324. The molecule has 0 amide bonds. The molecule has 2 aliphatic rings. The normalized spacial score (nSPS) is 31.4. The Bertz CT molecular complexity index is 1380. The Hall–Kier alpha value is -3.51. The number of aryl methyl sites for hydroxylation is 1. The molecule has 0 unspecified atom stereocenters. The molecule has 2 aromatic rings. The van der Waals surface area contributed by atoms with Crippen LogP contribution in [0.2, 0.25) is 0 Å². The summed E-state index contributed by atoms with van der Waals surface area (Å²) < 4.78 is 39.1. The molecule has 2 saturated heterocycles. The quantitative estimate of drug-likeness (QED) is 0.0863. The number of phenols is 2. The summed E-state index contributed by atoms with van der Waals surface area (Å²) in [7, 11) is 3.08. The molecule has 2 aliphatic heterocycles. The number of esters is 1. The van der Waals surface area contributed by atoms with E-state index in [1.807, 2.05) is 12.1 Å². The van der Waals surface area contributed by atoms with Gasteiger partial charge in [0, 0.05) is 6.08 Å². The maximum absolute atomic E-state index is 12.5. The molecular formula is C33H44O15. The highest BCUT2D eigenvalue weighted by Gasteiger charge is 2.51. The first kappa shape index (κ1) is 37.3. The highest BCUT2D eigenvalue weighted by Crippen LogP contribution is 2.32. The van der Waals surface area contributed by atoms with Gasteiger partial charge in [-0.3, -0.25) is 0 Å². The lowest BCUT2D eigenvalue weighted by Gasteiger charge is -2.46. The molecule has 2 heterocycles. The number of aliphatic hydroxyl groups excluding tert-OH is 5. The van der Waals surface area contributed by atoms with E-state index in [4.69, 9.17) is 33.2 Å². The summed E-state index contributed by atoms with van der Waals surface area (Å²) in [4.78, 5) is 12.5. The summed E-state index contributed by atoms with van der Waals surface area (Å²) in [5.41, 5.74) is 1.33. The van der Waals surface area contributed by atoms with E-state index in [9.17, 15) is 40.5 Å². The summed E-state index contributed by atoms with van der Waals surface area (Å²) in [6.45, 7) is 2.70. The summed E-state index contributed by atoms with van der Waals surface area (Å²) in [6, 6.07) is 9.45. The van der Waals surface area contributed by atoms with Crippen LogP contribution in [0.4, 0.5) is 0 Å². The molecule has 15 heteroatoms. The Balaban J connectivity index is 1.45. The zero-order valence-electron chi connectivity index (χ0n) is 27.0. The lowest BCUT2D eigenvalue weighted by Crippen LogP contribution is -2.64. The second kappa shape index (κ2) is 16.7. The Labute approximate surface area is 277 Å². The number of carbonyl (C=O) groups is 1. The molecule has 0 bridgehead atoms. The second-order valence-electron chi connectivity index (χ2n) is 11.7. The Morgan fingerprint density at radius 2 is 1.58 bits per heavy atom. The fourth-order valence-corrected chi connectivity index (χ4v) is 5.32. The van der Waals surface area contributed by atoms with Crippen LogP contribution < -0.4 is 9.47 Å². The van der Waals surface area contributed by atoms with E-state index in [0.717, 1.165) is 11.6 Å². The number of rotatable bonds is 13. The molecular weight excluding hydrogens is 636 g/mol. The van der Waals surface area contributed by atoms with E-state index in [2.05, 4.69) is 0 Å². The van der Waals surface area contributed by atoms with Crippen LogP contribution in [0.15, 0.2) is 42.5 Å². The number of carbonyl (C=O) groups excluding carboxylic acids is 1. The molecule has 0 spiro atoms. The molecule has 2 fully saturated rings. The fourth-order valence-electron chi connectivity index (χ4n) is 5.32. The summed E-state index contributed by atoms with van der Waals surface area (Å²) in [6.07, 6.45) is -11.8. The molecule has 2 aromatic carbocycles. The van der Waals surface area contributed by atoms with Crippen LogP contribution >= 0.6 is 0 Å². The van der Waals surface area contributed by atoms with Crippen molar-refractivity contribution in [2.75, 3.05) is 20.8 Å². The highest BCUT2D eigenvalue weighted by molar-refractivity contribution is 5.87. The summed E-state index contributed by atoms with van der Waals surface area (Å²) in [5, 5.41) is 72.4. The van der Waals surface area contributed by atoms with Gasteiger partial charge in [0.1, 0.15) is 49.3 Å². The molecule has 11 atom stereocenters. The standard InChI is InChI=1S/C33H44O15/c1-16(5-6-19-8-11-22(42-3)23(14-19)43-4)45-33-30(41)31(48-32-29(40)28(39)26(37)17(2)46-32)27(38)24(47-33)15-44-25(36)12-9-18-7-10-20(34)21(35)13-18/h7-14,16-17,24,26-35,37-41H,5-6,15H2,1-4H3/t16-,17-,24+,26-,27+,28+,29+,30+,31-,32-,33+/m0/s1. The van der Waals surface area contributed by atoms with E-state index < -0.39 is 80.1 Å². The topological polar surface area (TPSA) is 223 Å². The molecule has 48 heavy (non-hydrogen) atoms. The Morgan fingerprint density at radius 1 is 0.854 bits per heavy atom. The van der Waals surface area contributed by atoms with Gasteiger partial charge in [-0.2, -0.15) is 0 Å². The lowest BCUT2D eigenvalue weighted by molar-refractivity contribution is -0.360. The van der Waals surface area contributed by atoms with Crippen molar-refractivity contribution in [2.24, 2.45) is 0 Å². The fraction of sp³-hybridized carbons (Fsp3) is 0.545. The Morgan fingerprint density at radius 3 is 2.27 bits per heavy atom. The number of aliphatic hydroxyl groups is 5. The van der Waals surface area contributed by atoms with Crippen molar-refractivity contribution in [3.63, 3.8) is 0 Å².